The zero-order valence-electron chi connectivity index (χ0n) is 9.94. The van der Waals surface area contributed by atoms with E-state index in [0.717, 1.165) is 32.1 Å². The highest BCUT2D eigenvalue weighted by atomic mass is 16.5. The molecule has 1 aromatic heterocycles. The number of ether oxygens (including phenoxy) is 1. The molecule has 88 valence electrons. The molecule has 1 atom stereocenters. The Morgan fingerprint density at radius 1 is 1.62 bits per heavy atom. The van der Waals surface area contributed by atoms with Crippen LogP contribution in [-0.4, -0.2) is 42.7 Å². The van der Waals surface area contributed by atoms with Gasteiger partial charge in [0, 0.05) is 32.9 Å². The SMILES string of the molecule is CNc1cc(CN2CCOC(C)C2)ccn1. The van der Waals surface area contributed by atoms with Crippen LogP contribution in [0.15, 0.2) is 18.3 Å². The third-order valence-electron chi connectivity index (χ3n) is 2.81. The third kappa shape index (κ3) is 2.93. The normalized spacial score (nSPS) is 22.0. The zero-order chi connectivity index (χ0) is 11.4. The van der Waals surface area contributed by atoms with Crippen LogP contribution < -0.4 is 5.32 Å². The highest BCUT2D eigenvalue weighted by molar-refractivity contribution is 5.36. The number of anilines is 1. The molecule has 0 aliphatic carbocycles. The van der Waals surface area contributed by atoms with Gasteiger partial charge in [-0.05, 0) is 24.6 Å². The molecule has 0 radical (unpaired) electrons. The minimum absolute atomic E-state index is 0.347. The van der Waals surface area contributed by atoms with Crippen molar-refractivity contribution in [2.75, 3.05) is 32.1 Å². The summed E-state index contributed by atoms with van der Waals surface area (Å²) in [5.74, 6) is 0.929. The lowest BCUT2D eigenvalue weighted by Gasteiger charge is -2.31. The highest BCUT2D eigenvalue weighted by Gasteiger charge is 2.16. The second kappa shape index (κ2) is 5.27. The summed E-state index contributed by atoms with van der Waals surface area (Å²) in [6, 6.07) is 4.17. The van der Waals surface area contributed by atoms with Crippen LogP contribution in [0.4, 0.5) is 5.82 Å². The molecular formula is C12H19N3O. The van der Waals surface area contributed by atoms with E-state index in [1.54, 1.807) is 0 Å². The second-order valence-electron chi connectivity index (χ2n) is 4.22. The molecule has 16 heavy (non-hydrogen) atoms. The second-order valence-corrected chi connectivity index (χ2v) is 4.22. The fraction of sp³-hybridized carbons (Fsp3) is 0.583. The van der Waals surface area contributed by atoms with Crippen molar-refractivity contribution in [3.63, 3.8) is 0 Å². The summed E-state index contributed by atoms with van der Waals surface area (Å²) in [7, 11) is 1.89. The van der Waals surface area contributed by atoms with E-state index in [1.807, 2.05) is 13.2 Å². The fourth-order valence-electron chi connectivity index (χ4n) is 2.00. The number of hydrogen-bond donors (Lipinski definition) is 1. The number of aromatic nitrogens is 1. The summed E-state index contributed by atoms with van der Waals surface area (Å²) < 4.78 is 5.52. The quantitative estimate of drug-likeness (QED) is 0.836. The van der Waals surface area contributed by atoms with Crippen molar-refractivity contribution in [2.24, 2.45) is 0 Å². The van der Waals surface area contributed by atoms with E-state index < -0.39 is 0 Å². The molecule has 1 aliphatic heterocycles. The molecule has 0 spiro atoms. The summed E-state index contributed by atoms with van der Waals surface area (Å²) in [6.07, 6.45) is 2.20. The van der Waals surface area contributed by atoms with Crippen molar-refractivity contribution in [1.29, 1.82) is 0 Å². The van der Waals surface area contributed by atoms with Gasteiger partial charge >= 0.3 is 0 Å². The number of hydrogen-bond acceptors (Lipinski definition) is 4. The van der Waals surface area contributed by atoms with Crippen LogP contribution in [0.3, 0.4) is 0 Å². The van der Waals surface area contributed by atoms with Crippen LogP contribution in [0.2, 0.25) is 0 Å². The standard InChI is InChI=1S/C12H19N3O/c1-10-8-15(5-6-16-10)9-11-3-4-14-12(7-11)13-2/h3-4,7,10H,5-6,8-9H2,1-2H3,(H,13,14). The Kier molecular flexibility index (Phi) is 3.74. The van der Waals surface area contributed by atoms with Crippen LogP contribution in [-0.2, 0) is 11.3 Å². The third-order valence-corrected chi connectivity index (χ3v) is 2.81. The molecular weight excluding hydrogens is 202 g/mol. The number of pyridine rings is 1. The van der Waals surface area contributed by atoms with E-state index in [4.69, 9.17) is 4.74 Å². The molecule has 1 N–H and O–H groups in total. The van der Waals surface area contributed by atoms with E-state index >= 15 is 0 Å². The monoisotopic (exact) mass is 221 g/mol. The van der Waals surface area contributed by atoms with Crippen molar-refractivity contribution in [1.82, 2.24) is 9.88 Å². The van der Waals surface area contributed by atoms with Gasteiger partial charge in [0.25, 0.3) is 0 Å². The Balaban J connectivity index is 1.97. The first-order valence-corrected chi connectivity index (χ1v) is 5.74. The highest BCUT2D eigenvalue weighted by Crippen LogP contribution is 2.12. The molecule has 0 aromatic carbocycles. The van der Waals surface area contributed by atoms with E-state index in [2.05, 4.69) is 34.3 Å². The van der Waals surface area contributed by atoms with Gasteiger partial charge in [-0.2, -0.15) is 0 Å². The fourth-order valence-corrected chi connectivity index (χ4v) is 2.00. The molecule has 2 rings (SSSR count). The molecule has 0 amide bonds. The minimum Gasteiger partial charge on any atom is -0.376 e. The molecule has 4 nitrogen and oxygen atoms in total. The molecule has 2 heterocycles. The lowest BCUT2D eigenvalue weighted by molar-refractivity contribution is -0.0212. The van der Waals surface area contributed by atoms with Gasteiger partial charge in [-0.3, -0.25) is 4.90 Å². The molecule has 1 unspecified atom stereocenters. The first-order valence-electron chi connectivity index (χ1n) is 5.74. The number of morpholine rings is 1. The lowest BCUT2D eigenvalue weighted by atomic mass is 10.2. The van der Waals surface area contributed by atoms with Gasteiger partial charge in [0.1, 0.15) is 5.82 Å². The molecule has 1 saturated heterocycles. The van der Waals surface area contributed by atoms with Crippen molar-refractivity contribution in [2.45, 2.75) is 19.6 Å². The summed E-state index contributed by atoms with van der Waals surface area (Å²) in [5.41, 5.74) is 1.30. The summed E-state index contributed by atoms with van der Waals surface area (Å²) in [6.45, 7) is 5.96. The first kappa shape index (κ1) is 11.4. The Hall–Kier alpha value is -1.13. The van der Waals surface area contributed by atoms with E-state index in [9.17, 15) is 0 Å². The van der Waals surface area contributed by atoms with Crippen molar-refractivity contribution >= 4 is 5.82 Å². The minimum atomic E-state index is 0.347. The largest absolute Gasteiger partial charge is 0.376 e. The first-order chi connectivity index (χ1) is 7.78. The maximum Gasteiger partial charge on any atom is 0.125 e. The van der Waals surface area contributed by atoms with E-state index in [0.29, 0.717) is 6.10 Å². The van der Waals surface area contributed by atoms with Crippen molar-refractivity contribution in [3.8, 4) is 0 Å². The predicted octanol–water partition coefficient (Wildman–Crippen LogP) is 1.34. The molecule has 0 bridgehead atoms. The summed E-state index contributed by atoms with van der Waals surface area (Å²) in [4.78, 5) is 6.63. The maximum absolute atomic E-state index is 5.52. The molecule has 4 heteroatoms. The van der Waals surface area contributed by atoms with E-state index in [1.165, 1.54) is 5.56 Å². The van der Waals surface area contributed by atoms with Crippen LogP contribution in [0.5, 0.6) is 0 Å². The average molecular weight is 221 g/mol. The Morgan fingerprint density at radius 3 is 3.25 bits per heavy atom. The predicted molar refractivity (Wildman–Crippen MR) is 64.5 cm³/mol. The lowest BCUT2D eigenvalue weighted by Crippen LogP contribution is -2.40. The number of nitrogens with zero attached hydrogens (tertiary/aromatic N) is 2. The van der Waals surface area contributed by atoms with Crippen LogP contribution in [0, 0.1) is 0 Å². The van der Waals surface area contributed by atoms with E-state index in [-0.39, 0.29) is 0 Å². The molecule has 1 aromatic rings. The topological polar surface area (TPSA) is 37.4 Å². The van der Waals surface area contributed by atoms with Crippen molar-refractivity contribution < 1.29 is 4.74 Å². The van der Waals surface area contributed by atoms with Crippen LogP contribution in [0.1, 0.15) is 12.5 Å². The molecule has 1 aliphatic rings. The number of nitrogens with one attached hydrogen (secondary N) is 1. The smallest absolute Gasteiger partial charge is 0.125 e. The van der Waals surface area contributed by atoms with Gasteiger partial charge in [-0.15, -0.1) is 0 Å². The maximum atomic E-state index is 5.52. The van der Waals surface area contributed by atoms with Gasteiger partial charge in [-0.25, -0.2) is 4.98 Å². The van der Waals surface area contributed by atoms with Gasteiger partial charge in [0.2, 0.25) is 0 Å². The van der Waals surface area contributed by atoms with Crippen LogP contribution >= 0.6 is 0 Å². The zero-order valence-corrected chi connectivity index (χ0v) is 9.94. The van der Waals surface area contributed by atoms with Gasteiger partial charge in [0.05, 0.1) is 12.7 Å². The van der Waals surface area contributed by atoms with Gasteiger partial charge in [0.15, 0.2) is 0 Å². The Bertz CT molecular complexity index is 343. The number of rotatable bonds is 3. The summed E-state index contributed by atoms with van der Waals surface area (Å²) >= 11 is 0. The Labute approximate surface area is 96.6 Å². The average Bonchev–Trinajstić information content (AvgIpc) is 2.29. The Morgan fingerprint density at radius 2 is 2.50 bits per heavy atom. The van der Waals surface area contributed by atoms with Gasteiger partial charge in [-0.1, -0.05) is 0 Å². The van der Waals surface area contributed by atoms with Crippen molar-refractivity contribution in [3.05, 3.63) is 23.9 Å². The van der Waals surface area contributed by atoms with Crippen LogP contribution in [0.25, 0.3) is 0 Å². The van der Waals surface area contributed by atoms with Gasteiger partial charge < -0.3 is 10.1 Å². The summed E-state index contributed by atoms with van der Waals surface area (Å²) in [5, 5.41) is 3.06. The molecule has 0 saturated carbocycles. The molecule has 1 fully saturated rings.